The first kappa shape index (κ1) is 14.8. The summed E-state index contributed by atoms with van der Waals surface area (Å²) in [4.78, 5) is 8.68. The molecule has 0 saturated carbocycles. The summed E-state index contributed by atoms with van der Waals surface area (Å²) in [7, 11) is 1.67. The molecule has 1 saturated heterocycles. The summed E-state index contributed by atoms with van der Waals surface area (Å²) in [5.74, 6) is -0.231. The second-order valence-electron chi connectivity index (χ2n) is 4.84. The summed E-state index contributed by atoms with van der Waals surface area (Å²) in [6, 6.07) is 0.902. The fourth-order valence-electron chi connectivity index (χ4n) is 2.14. The number of nitrogen functional groups attached to an aromatic ring is 1. The molecular formula is C12H17F3N4O. The summed E-state index contributed by atoms with van der Waals surface area (Å²) in [5.41, 5.74) is 4.32. The van der Waals surface area contributed by atoms with Crippen molar-refractivity contribution >= 4 is 11.8 Å². The van der Waals surface area contributed by atoms with Crippen molar-refractivity contribution < 1.29 is 17.9 Å². The molecule has 1 aliphatic rings. The van der Waals surface area contributed by atoms with E-state index in [9.17, 15) is 13.2 Å². The van der Waals surface area contributed by atoms with Crippen LogP contribution in [0.1, 0.15) is 25.0 Å². The molecule has 0 bridgehead atoms. The number of aromatic nitrogens is 2. The van der Waals surface area contributed by atoms with Crippen LogP contribution in [0.2, 0.25) is 0 Å². The molecule has 1 fully saturated rings. The van der Waals surface area contributed by atoms with Crippen LogP contribution in [0.25, 0.3) is 0 Å². The molecule has 1 aliphatic heterocycles. The Kier molecular flexibility index (Phi) is 4.32. The van der Waals surface area contributed by atoms with Gasteiger partial charge in [0.05, 0.1) is 6.10 Å². The van der Waals surface area contributed by atoms with Crippen LogP contribution < -0.4 is 10.6 Å². The van der Waals surface area contributed by atoms with Crippen LogP contribution in [0.5, 0.6) is 0 Å². The highest BCUT2D eigenvalue weighted by Crippen LogP contribution is 2.30. The van der Waals surface area contributed by atoms with E-state index in [1.807, 2.05) is 0 Å². The van der Waals surface area contributed by atoms with Crippen LogP contribution in [0.15, 0.2) is 6.07 Å². The van der Waals surface area contributed by atoms with Crippen molar-refractivity contribution in [2.75, 3.05) is 30.8 Å². The van der Waals surface area contributed by atoms with E-state index in [1.165, 1.54) is 0 Å². The third-order valence-corrected chi connectivity index (χ3v) is 3.16. The number of nitrogens with zero attached hydrogens (tertiary/aromatic N) is 3. The number of alkyl halides is 3. The molecule has 8 heteroatoms. The van der Waals surface area contributed by atoms with Crippen LogP contribution in [0.3, 0.4) is 0 Å². The number of ether oxygens (including phenoxy) is 1. The second kappa shape index (κ2) is 5.82. The van der Waals surface area contributed by atoms with Crippen molar-refractivity contribution in [3.63, 3.8) is 0 Å². The van der Waals surface area contributed by atoms with E-state index in [0.717, 1.165) is 25.3 Å². The van der Waals surface area contributed by atoms with Crippen molar-refractivity contribution in [2.24, 2.45) is 0 Å². The summed E-state index contributed by atoms with van der Waals surface area (Å²) in [6.45, 7) is 1.17. The topological polar surface area (TPSA) is 64.3 Å². The van der Waals surface area contributed by atoms with Crippen molar-refractivity contribution in [1.82, 2.24) is 9.97 Å². The maximum Gasteiger partial charge on any atom is 0.433 e. The molecule has 1 aromatic rings. The summed E-state index contributed by atoms with van der Waals surface area (Å²) in [5, 5.41) is 0. The zero-order valence-electron chi connectivity index (χ0n) is 11.2. The van der Waals surface area contributed by atoms with E-state index in [2.05, 4.69) is 9.97 Å². The first-order valence-corrected chi connectivity index (χ1v) is 6.41. The number of nitrogens with two attached hydrogens (primary N) is 1. The highest BCUT2D eigenvalue weighted by Gasteiger charge is 2.34. The van der Waals surface area contributed by atoms with E-state index in [-0.39, 0.29) is 17.9 Å². The van der Waals surface area contributed by atoms with Gasteiger partial charge in [-0.15, -0.1) is 0 Å². The third-order valence-electron chi connectivity index (χ3n) is 3.16. The second-order valence-corrected chi connectivity index (χ2v) is 4.84. The SMILES string of the molecule is CN(CC1CCCCO1)c1cc(C(F)(F)F)nc(N)n1. The van der Waals surface area contributed by atoms with Gasteiger partial charge in [-0.1, -0.05) is 0 Å². The zero-order valence-corrected chi connectivity index (χ0v) is 11.2. The molecule has 0 amide bonds. The minimum atomic E-state index is -4.53. The number of hydrogen-bond donors (Lipinski definition) is 1. The van der Waals surface area contributed by atoms with Crippen LogP contribution in [-0.4, -0.2) is 36.3 Å². The molecule has 1 atom stereocenters. The lowest BCUT2D eigenvalue weighted by Gasteiger charge is -2.28. The molecule has 20 heavy (non-hydrogen) atoms. The normalized spacial score (nSPS) is 19.9. The van der Waals surface area contributed by atoms with Crippen LogP contribution in [0, 0.1) is 0 Å². The smallest absolute Gasteiger partial charge is 0.376 e. The molecule has 0 radical (unpaired) electrons. The lowest BCUT2D eigenvalue weighted by atomic mass is 10.1. The number of rotatable bonds is 3. The van der Waals surface area contributed by atoms with Gasteiger partial charge in [-0.25, -0.2) is 4.98 Å². The highest BCUT2D eigenvalue weighted by molar-refractivity contribution is 5.43. The lowest BCUT2D eigenvalue weighted by Crippen LogP contribution is -2.34. The standard InChI is InChI=1S/C12H17F3N4O/c1-19(7-8-4-2-3-5-20-8)10-6-9(12(13,14)15)17-11(16)18-10/h6,8H,2-5,7H2,1H3,(H2,16,17,18). The van der Waals surface area contributed by atoms with Crippen molar-refractivity contribution in [2.45, 2.75) is 31.5 Å². The Bertz CT molecular complexity index is 461. The predicted molar refractivity (Wildman–Crippen MR) is 68.3 cm³/mol. The van der Waals surface area contributed by atoms with Crippen molar-refractivity contribution in [3.8, 4) is 0 Å². The first-order chi connectivity index (χ1) is 9.36. The fraction of sp³-hybridized carbons (Fsp3) is 0.667. The molecule has 1 unspecified atom stereocenters. The van der Waals surface area contributed by atoms with E-state index in [0.29, 0.717) is 13.2 Å². The van der Waals surface area contributed by atoms with Crippen LogP contribution in [0.4, 0.5) is 24.9 Å². The predicted octanol–water partition coefficient (Wildman–Crippen LogP) is 2.08. The fourth-order valence-corrected chi connectivity index (χ4v) is 2.14. The quantitative estimate of drug-likeness (QED) is 0.923. The Hall–Kier alpha value is -1.57. The van der Waals surface area contributed by atoms with Gasteiger partial charge in [-0.05, 0) is 19.3 Å². The monoisotopic (exact) mass is 290 g/mol. The van der Waals surface area contributed by atoms with Gasteiger partial charge >= 0.3 is 6.18 Å². The Morgan fingerprint density at radius 3 is 2.75 bits per heavy atom. The summed E-state index contributed by atoms with van der Waals surface area (Å²) >= 11 is 0. The molecule has 0 aromatic carbocycles. The molecule has 1 aromatic heterocycles. The van der Waals surface area contributed by atoms with Crippen LogP contribution in [-0.2, 0) is 10.9 Å². The zero-order chi connectivity index (χ0) is 14.8. The lowest BCUT2D eigenvalue weighted by molar-refractivity contribution is -0.141. The average molecular weight is 290 g/mol. The largest absolute Gasteiger partial charge is 0.433 e. The maximum atomic E-state index is 12.7. The summed E-state index contributed by atoms with van der Waals surface area (Å²) in [6.07, 6.45) is -1.53. The van der Waals surface area contributed by atoms with Gasteiger partial charge in [0, 0.05) is 26.3 Å². The number of halogens is 3. The Balaban J connectivity index is 2.12. The molecule has 2 heterocycles. The van der Waals surface area contributed by atoms with Gasteiger partial charge < -0.3 is 15.4 Å². The summed E-state index contributed by atoms with van der Waals surface area (Å²) < 4.78 is 43.6. The van der Waals surface area contributed by atoms with Crippen molar-refractivity contribution in [3.05, 3.63) is 11.8 Å². The van der Waals surface area contributed by atoms with Gasteiger partial charge in [0.25, 0.3) is 0 Å². The van der Waals surface area contributed by atoms with E-state index >= 15 is 0 Å². The van der Waals surface area contributed by atoms with Crippen molar-refractivity contribution in [1.29, 1.82) is 0 Å². The van der Waals surface area contributed by atoms with Gasteiger partial charge in [-0.3, -0.25) is 0 Å². The average Bonchev–Trinajstić information content (AvgIpc) is 2.38. The Labute approximate surface area is 114 Å². The maximum absolute atomic E-state index is 12.7. The minimum absolute atomic E-state index is 0.0132. The highest BCUT2D eigenvalue weighted by atomic mass is 19.4. The Morgan fingerprint density at radius 2 is 2.15 bits per heavy atom. The molecule has 0 spiro atoms. The molecule has 5 nitrogen and oxygen atoms in total. The number of anilines is 2. The van der Waals surface area contributed by atoms with E-state index < -0.39 is 11.9 Å². The number of likely N-dealkylation sites (N-methyl/N-ethyl adjacent to an activating group) is 1. The van der Waals surface area contributed by atoms with E-state index in [4.69, 9.17) is 10.5 Å². The van der Waals surface area contributed by atoms with E-state index in [1.54, 1.807) is 11.9 Å². The Morgan fingerprint density at radius 1 is 1.40 bits per heavy atom. The van der Waals surface area contributed by atoms with Gasteiger partial charge in [-0.2, -0.15) is 18.2 Å². The third kappa shape index (κ3) is 3.72. The van der Waals surface area contributed by atoms with Gasteiger partial charge in [0.15, 0.2) is 5.69 Å². The molecule has 2 rings (SSSR count). The molecular weight excluding hydrogens is 273 g/mol. The minimum Gasteiger partial charge on any atom is -0.376 e. The molecule has 2 N–H and O–H groups in total. The van der Waals surface area contributed by atoms with Crippen LogP contribution >= 0.6 is 0 Å². The first-order valence-electron chi connectivity index (χ1n) is 6.41. The van der Waals surface area contributed by atoms with Gasteiger partial charge in [0.1, 0.15) is 5.82 Å². The molecule has 0 aliphatic carbocycles. The number of hydrogen-bond acceptors (Lipinski definition) is 5. The van der Waals surface area contributed by atoms with Gasteiger partial charge in [0.2, 0.25) is 5.95 Å². The molecule has 112 valence electrons.